The first-order chi connectivity index (χ1) is 12.2. The highest BCUT2D eigenvalue weighted by Gasteiger charge is 2.22. The maximum absolute atomic E-state index is 12.6. The molecule has 0 fully saturated rings. The van der Waals surface area contributed by atoms with Crippen LogP contribution in [0.2, 0.25) is 0 Å². The van der Waals surface area contributed by atoms with Gasteiger partial charge in [-0.1, -0.05) is 43.3 Å². The number of carbonyl (C=O) groups is 1. The van der Waals surface area contributed by atoms with Gasteiger partial charge in [0.05, 0.1) is 18.0 Å². The fourth-order valence-corrected chi connectivity index (χ4v) is 3.62. The Kier molecular flexibility index (Phi) is 6.42. The van der Waals surface area contributed by atoms with E-state index in [0.717, 1.165) is 28.1 Å². The summed E-state index contributed by atoms with van der Waals surface area (Å²) in [7, 11) is -3.56. The van der Waals surface area contributed by atoms with E-state index in [4.69, 9.17) is 0 Å². The number of hydrogen-bond donors (Lipinski definition) is 1. The Hall–Kier alpha value is -2.34. The van der Waals surface area contributed by atoms with Gasteiger partial charge < -0.3 is 5.32 Å². The summed E-state index contributed by atoms with van der Waals surface area (Å²) < 4.78 is 25.4. The van der Waals surface area contributed by atoms with E-state index in [1.165, 1.54) is 5.56 Å². The minimum atomic E-state index is -3.56. The zero-order valence-electron chi connectivity index (χ0n) is 15.7. The van der Waals surface area contributed by atoms with Crippen molar-refractivity contribution in [3.05, 3.63) is 65.2 Å². The van der Waals surface area contributed by atoms with Gasteiger partial charge in [0, 0.05) is 0 Å². The quantitative estimate of drug-likeness (QED) is 0.808. The largest absolute Gasteiger partial charge is 0.348 e. The molecule has 2 aromatic carbocycles. The molecule has 2 aromatic rings. The molecular weight excluding hydrogens is 348 g/mol. The minimum Gasteiger partial charge on any atom is -0.348 e. The normalized spacial score (nSPS) is 12.5. The molecule has 26 heavy (non-hydrogen) atoms. The molecule has 1 amide bonds. The van der Waals surface area contributed by atoms with Crippen LogP contribution >= 0.6 is 0 Å². The van der Waals surface area contributed by atoms with E-state index in [-0.39, 0.29) is 18.5 Å². The van der Waals surface area contributed by atoms with E-state index in [9.17, 15) is 13.2 Å². The maximum Gasteiger partial charge on any atom is 0.241 e. The summed E-state index contributed by atoms with van der Waals surface area (Å²) in [5.41, 5.74) is 3.86. The molecule has 0 aliphatic rings. The maximum atomic E-state index is 12.6. The summed E-state index contributed by atoms with van der Waals surface area (Å²) >= 11 is 0. The molecule has 1 atom stereocenters. The van der Waals surface area contributed by atoms with Crippen LogP contribution in [0.4, 0.5) is 5.69 Å². The Morgan fingerprint density at radius 1 is 1.08 bits per heavy atom. The highest BCUT2D eigenvalue weighted by Crippen LogP contribution is 2.21. The second-order valence-electron chi connectivity index (χ2n) is 6.48. The molecule has 140 valence electrons. The molecule has 5 nitrogen and oxygen atoms in total. The molecule has 2 rings (SSSR count). The van der Waals surface area contributed by atoms with Crippen molar-refractivity contribution in [2.45, 2.75) is 33.2 Å². The Bertz CT molecular complexity index is 864. The lowest BCUT2D eigenvalue weighted by Crippen LogP contribution is -2.41. The van der Waals surface area contributed by atoms with Crippen LogP contribution in [0.25, 0.3) is 0 Å². The van der Waals surface area contributed by atoms with Crippen LogP contribution in [0.1, 0.15) is 36.1 Å². The number of sulfonamides is 1. The standard InChI is InChI=1S/C20H26N2O3S/c1-5-19(17-12-11-15(2)16(3)13-17)21-20(23)14-22(26(4,24)25)18-9-7-6-8-10-18/h6-13,19H,5,14H2,1-4H3,(H,21,23)/t19-/m0/s1. The molecule has 0 aliphatic heterocycles. The smallest absolute Gasteiger partial charge is 0.241 e. The molecule has 1 N–H and O–H groups in total. The number of carbonyl (C=O) groups excluding carboxylic acids is 1. The lowest BCUT2D eigenvalue weighted by molar-refractivity contribution is -0.120. The molecular formula is C20H26N2O3S. The minimum absolute atomic E-state index is 0.154. The topological polar surface area (TPSA) is 66.5 Å². The van der Waals surface area contributed by atoms with Crippen molar-refractivity contribution in [3.63, 3.8) is 0 Å². The van der Waals surface area contributed by atoms with Gasteiger partial charge in [-0.2, -0.15) is 0 Å². The van der Waals surface area contributed by atoms with Crippen molar-refractivity contribution in [2.75, 3.05) is 17.1 Å². The molecule has 0 aromatic heterocycles. The highest BCUT2D eigenvalue weighted by atomic mass is 32.2. The van der Waals surface area contributed by atoms with Crippen molar-refractivity contribution in [1.82, 2.24) is 5.32 Å². The third-order valence-corrected chi connectivity index (χ3v) is 5.55. The SMILES string of the molecule is CC[C@H](NC(=O)CN(c1ccccc1)S(C)(=O)=O)c1ccc(C)c(C)c1. The second kappa shape index (κ2) is 8.36. The molecule has 0 saturated heterocycles. The summed E-state index contributed by atoms with van der Waals surface area (Å²) in [6.45, 7) is 5.83. The molecule has 0 radical (unpaired) electrons. The van der Waals surface area contributed by atoms with Crippen molar-refractivity contribution < 1.29 is 13.2 Å². The first-order valence-electron chi connectivity index (χ1n) is 8.61. The van der Waals surface area contributed by atoms with Crippen molar-refractivity contribution in [2.24, 2.45) is 0 Å². The number of nitrogens with zero attached hydrogens (tertiary/aromatic N) is 1. The Labute approximate surface area is 156 Å². The van der Waals surface area contributed by atoms with Gasteiger partial charge in [0.25, 0.3) is 0 Å². The third-order valence-electron chi connectivity index (χ3n) is 4.41. The monoisotopic (exact) mass is 374 g/mol. The molecule has 0 spiro atoms. The van der Waals surface area contributed by atoms with Gasteiger partial charge in [-0.25, -0.2) is 8.42 Å². The molecule has 0 heterocycles. The lowest BCUT2D eigenvalue weighted by Gasteiger charge is -2.24. The van der Waals surface area contributed by atoms with Gasteiger partial charge in [0.1, 0.15) is 6.54 Å². The molecule has 6 heteroatoms. The number of benzene rings is 2. The second-order valence-corrected chi connectivity index (χ2v) is 8.38. The predicted molar refractivity (Wildman–Crippen MR) is 106 cm³/mol. The van der Waals surface area contributed by atoms with E-state index < -0.39 is 10.0 Å². The number of anilines is 1. The zero-order valence-corrected chi connectivity index (χ0v) is 16.5. The van der Waals surface area contributed by atoms with Crippen molar-refractivity contribution in [1.29, 1.82) is 0 Å². The summed E-state index contributed by atoms with van der Waals surface area (Å²) in [5.74, 6) is -0.329. The lowest BCUT2D eigenvalue weighted by atomic mass is 9.99. The van der Waals surface area contributed by atoms with Crippen LogP contribution in [0, 0.1) is 13.8 Å². The predicted octanol–water partition coefficient (Wildman–Crippen LogP) is 3.34. The van der Waals surface area contributed by atoms with Crippen LogP contribution in [-0.4, -0.2) is 27.1 Å². The number of aryl methyl sites for hydroxylation is 2. The fraction of sp³-hybridized carbons (Fsp3) is 0.350. The van der Waals surface area contributed by atoms with Crippen molar-refractivity contribution in [3.8, 4) is 0 Å². The van der Waals surface area contributed by atoms with Gasteiger partial charge in [0.15, 0.2) is 0 Å². The summed E-state index contributed by atoms with van der Waals surface area (Å²) in [5, 5.41) is 2.96. The number of amides is 1. The summed E-state index contributed by atoms with van der Waals surface area (Å²) in [6.07, 6.45) is 1.83. The highest BCUT2D eigenvalue weighted by molar-refractivity contribution is 7.92. The Morgan fingerprint density at radius 3 is 2.27 bits per heavy atom. The number of nitrogens with one attached hydrogen (secondary N) is 1. The van der Waals surface area contributed by atoms with Gasteiger partial charge in [-0.05, 0) is 49.1 Å². The van der Waals surface area contributed by atoms with Gasteiger partial charge in [-0.3, -0.25) is 9.10 Å². The van der Waals surface area contributed by atoms with Crippen LogP contribution in [0.3, 0.4) is 0 Å². The van der Waals surface area contributed by atoms with E-state index in [2.05, 4.69) is 11.4 Å². The van der Waals surface area contributed by atoms with Crippen LogP contribution < -0.4 is 9.62 Å². The van der Waals surface area contributed by atoms with Crippen LogP contribution in [-0.2, 0) is 14.8 Å². The number of hydrogen-bond acceptors (Lipinski definition) is 3. The van der Waals surface area contributed by atoms with E-state index in [0.29, 0.717) is 5.69 Å². The first kappa shape index (κ1) is 20.0. The Balaban J connectivity index is 2.17. The molecule has 0 aliphatic carbocycles. The number of para-hydroxylation sites is 1. The average molecular weight is 375 g/mol. The Morgan fingerprint density at radius 2 is 1.73 bits per heavy atom. The van der Waals surface area contributed by atoms with E-state index in [1.807, 2.05) is 32.9 Å². The number of rotatable bonds is 7. The van der Waals surface area contributed by atoms with Gasteiger partial charge >= 0.3 is 0 Å². The van der Waals surface area contributed by atoms with Gasteiger partial charge in [0.2, 0.25) is 15.9 Å². The average Bonchev–Trinajstić information content (AvgIpc) is 2.60. The van der Waals surface area contributed by atoms with E-state index in [1.54, 1.807) is 30.3 Å². The van der Waals surface area contributed by atoms with E-state index >= 15 is 0 Å². The first-order valence-corrected chi connectivity index (χ1v) is 10.5. The third kappa shape index (κ3) is 5.08. The fourth-order valence-electron chi connectivity index (χ4n) is 2.77. The molecule has 0 saturated carbocycles. The van der Waals surface area contributed by atoms with Crippen LogP contribution in [0.15, 0.2) is 48.5 Å². The summed E-state index contributed by atoms with van der Waals surface area (Å²) in [6, 6.07) is 14.6. The van der Waals surface area contributed by atoms with Crippen LogP contribution in [0.5, 0.6) is 0 Å². The zero-order chi connectivity index (χ0) is 19.3. The molecule has 0 bridgehead atoms. The molecule has 0 unspecified atom stereocenters. The van der Waals surface area contributed by atoms with Gasteiger partial charge in [-0.15, -0.1) is 0 Å². The van der Waals surface area contributed by atoms with Crippen molar-refractivity contribution >= 4 is 21.6 Å². The summed E-state index contributed by atoms with van der Waals surface area (Å²) in [4.78, 5) is 12.6.